The van der Waals surface area contributed by atoms with Gasteiger partial charge in [-0.3, -0.25) is 0 Å². The smallest absolute Gasteiger partial charge is 0.207 e. The Bertz CT molecular complexity index is 1260. The topological polar surface area (TPSA) is 58.9 Å². The summed E-state index contributed by atoms with van der Waals surface area (Å²) in [6, 6.07) is 0. The maximum absolute atomic E-state index is 10.6. The summed E-state index contributed by atoms with van der Waals surface area (Å²) < 4.78 is 10.4. The monoisotopic (exact) mass is 590 g/mol. The van der Waals surface area contributed by atoms with Crippen molar-refractivity contribution in [2.45, 2.75) is 120 Å². The lowest BCUT2D eigenvalue weighted by Crippen LogP contribution is -1.95. The van der Waals surface area contributed by atoms with Crippen LogP contribution in [0.4, 0.5) is 0 Å². The molecule has 1 aromatic carbocycles. The second kappa shape index (κ2) is 20.5. The second-order valence-corrected chi connectivity index (χ2v) is 12.0. The summed E-state index contributed by atoms with van der Waals surface area (Å²) in [7, 11) is 2.86. The number of methoxy groups -OCH3 is 2. The minimum atomic E-state index is -0.0653. The molecule has 238 valence electrons. The number of ether oxygens (including phenoxy) is 2. The van der Waals surface area contributed by atoms with Gasteiger partial charge in [0.1, 0.15) is 0 Å². The van der Waals surface area contributed by atoms with Crippen molar-refractivity contribution < 1.29 is 19.7 Å². The third kappa shape index (κ3) is 14.6. The van der Waals surface area contributed by atoms with Crippen LogP contribution < -0.4 is 9.47 Å². The standard InChI is InChI=1S/C39H58O4/c1-28(2)16-11-17-29(3)18-12-19-30(4)20-13-21-31(5)22-14-23-32(6)24-15-25-33(7)26-27-35-34(8)36(40)38(42-9)39(43-10)37(35)41/h16,18,20,22,24,27,40-41H,11-15,17,19,21,23,25H2,1-10H3. The van der Waals surface area contributed by atoms with Crippen LogP contribution in [0.2, 0.25) is 0 Å². The van der Waals surface area contributed by atoms with Gasteiger partial charge >= 0.3 is 0 Å². The van der Waals surface area contributed by atoms with E-state index in [1.807, 2.05) is 6.92 Å². The first-order valence-electron chi connectivity index (χ1n) is 15.8. The van der Waals surface area contributed by atoms with Crippen molar-refractivity contribution in [2.24, 2.45) is 0 Å². The van der Waals surface area contributed by atoms with E-state index in [4.69, 9.17) is 9.47 Å². The van der Waals surface area contributed by atoms with Crippen molar-refractivity contribution >= 4 is 6.08 Å². The van der Waals surface area contributed by atoms with Crippen LogP contribution in [-0.2, 0) is 0 Å². The Kier molecular flexibility index (Phi) is 18.0. The van der Waals surface area contributed by atoms with Crippen LogP contribution in [0, 0.1) is 6.92 Å². The first-order chi connectivity index (χ1) is 20.4. The zero-order valence-corrected chi connectivity index (χ0v) is 28.7. The van der Waals surface area contributed by atoms with Crippen molar-refractivity contribution in [2.75, 3.05) is 14.2 Å². The fourth-order valence-electron chi connectivity index (χ4n) is 4.81. The number of rotatable bonds is 18. The Morgan fingerprint density at radius 1 is 0.581 bits per heavy atom. The first kappa shape index (κ1) is 37.7. The molecule has 0 aliphatic heterocycles. The molecule has 4 nitrogen and oxygen atoms in total. The van der Waals surface area contributed by atoms with E-state index in [1.165, 1.54) is 48.5 Å². The summed E-state index contributed by atoms with van der Waals surface area (Å²) in [5.74, 6) is 0.135. The van der Waals surface area contributed by atoms with E-state index < -0.39 is 0 Å². The normalized spacial score (nSPS) is 12.6. The van der Waals surface area contributed by atoms with Crippen molar-refractivity contribution in [3.05, 3.63) is 80.7 Å². The molecule has 0 aliphatic rings. The lowest BCUT2D eigenvalue weighted by atomic mass is 10.0. The second-order valence-electron chi connectivity index (χ2n) is 12.0. The third-order valence-corrected chi connectivity index (χ3v) is 7.72. The molecule has 0 aromatic heterocycles. The predicted molar refractivity (Wildman–Crippen MR) is 185 cm³/mol. The molecule has 0 atom stereocenters. The van der Waals surface area contributed by atoms with Gasteiger partial charge in [-0.25, -0.2) is 0 Å². The SMILES string of the molecule is COc1c(O)c(C)c(C=C=C(C)CCC=C(C)CCC=C(C)CCC=C(C)CCC=C(C)CCC=C(C)C)c(O)c1OC. The van der Waals surface area contributed by atoms with Gasteiger partial charge in [0.05, 0.1) is 14.2 Å². The molecule has 0 radical (unpaired) electrons. The lowest BCUT2D eigenvalue weighted by Gasteiger charge is -2.15. The van der Waals surface area contributed by atoms with Crippen LogP contribution in [0.5, 0.6) is 23.0 Å². The van der Waals surface area contributed by atoms with Crippen LogP contribution in [0.1, 0.15) is 124 Å². The highest BCUT2D eigenvalue weighted by molar-refractivity contribution is 5.74. The maximum atomic E-state index is 10.6. The molecule has 0 spiro atoms. The van der Waals surface area contributed by atoms with E-state index >= 15 is 0 Å². The van der Waals surface area contributed by atoms with Crippen molar-refractivity contribution in [3.63, 3.8) is 0 Å². The Morgan fingerprint density at radius 2 is 0.953 bits per heavy atom. The summed E-state index contributed by atoms with van der Waals surface area (Å²) in [5.41, 5.74) is 12.6. The highest BCUT2D eigenvalue weighted by atomic mass is 16.5. The van der Waals surface area contributed by atoms with E-state index in [0.717, 1.165) is 63.4 Å². The number of allylic oxidation sites excluding steroid dienone is 11. The minimum Gasteiger partial charge on any atom is -0.504 e. The third-order valence-electron chi connectivity index (χ3n) is 7.72. The quantitative estimate of drug-likeness (QED) is 0.101. The van der Waals surface area contributed by atoms with Crippen molar-refractivity contribution in [1.82, 2.24) is 0 Å². The van der Waals surface area contributed by atoms with Gasteiger partial charge in [0.2, 0.25) is 11.5 Å². The molecular formula is C39H58O4. The summed E-state index contributed by atoms with van der Waals surface area (Å²) >= 11 is 0. The molecule has 0 amide bonds. The zero-order chi connectivity index (χ0) is 32.4. The Morgan fingerprint density at radius 3 is 1.35 bits per heavy atom. The van der Waals surface area contributed by atoms with Gasteiger partial charge in [0.15, 0.2) is 11.5 Å². The highest BCUT2D eigenvalue weighted by Gasteiger charge is 2.21. The number of benzene rings is 1. The number of phenolic OH excluding ortho intramolecular Hbond substituents is 2. The van der Waals surface area contributed by atoms with Gasteiger partial charge in [-0.2, -0.15) is 0 Å². The molecule has 1 aromatic rings. The molecule has 0 fully saturated rings. The van der Waals surface area contributed by atoms with Gasteiger partial charge < -0.3 is 19.7 Å². The van der Waals surface area contributed by atoms with E-state index in [1.54, 1.807) is 13.0 Å². The van der Waals surface area contributed by atoms with Crippen LogP contribution in [-0.4, -0.2) is 24.4 Å². The Balaban J connectivity index is 2.51. The largest absolute Gasteiger partial charge is 0.504 e. The summed E-state index contributed by atoms with van der Waals surface area (Å²) in [6.45, 7) is 17.1. The zero-order valence-electron chi connectivity index (χ0n) is 28.7. The van der Waals surface area contributed by atoms with Gasteiger partial charge in [0, 0.05) is 11.1 Å². The summed E-state index contributed by atoms with van der Waals surface area (Å²) in [4.78, 5) is 0. The highest BCUT2D eigenvalue weighted by Crippen LogP contribution is 2.48. The van der Waals surface area contributed by atoms with Crippen molar-refractivity contribution in [3.8, 4) is 23.0 Å². The number of hydrogen-bond acceptors (Lipinski definition) is 4. The van der Waals surface area contributed by atoms with Gasteiger partial charge in [-0.05, 0) is 131 Å². The van der Waals surface area contributed by atoms with Crippen LogP contribution >= 0.6 is 0 Å². The molecule has 0 saturated carbocycles. The average Bonchev–Trinajstić information content (AvgIpc) is 2.94. The van der Waals surface area contributed by atoms with Crippen LogP contribution in [0.3, 0.4) is 0 Å². The van der Waals surface area contributed by atoms with Crippen LogP contribution in [0.15, 0.2) is 69.5 Å². The van der Waals surface area contributed by atoms with Gasteiger partial charge in [-0.1, -0.05) is 58.2 Å². The molecule has 0 saturated heterocycles. The molecule has 4 heteroatoms. The molecule has 0 heterocycles. The minimum absolute atomic E-state index is 0.0443. The predicted octanol–water partition coefficient (Wildman–Crippen LogP) is 11.6. The van der Waals surface area contributed by atoms with E-state index in [2.05, 4.69) is 77.7 Å². The van der Waals surface area contributed by atoms with E-state index in [0.29, 0.717) is 11.1 Å². The molecule has 43 heavy (non-hydrogen) atoms. The van der Waals surface area contributed by atoms with Gasteiger partial charge in [0.25, 0.3) is 0 Å². The molecule has 0 unspecified atom stereocenters. The first-order valence-corrected chi connectivity index (χ1v) is 15.8. The average molecular weight is 591 g/mol. The number of hydrogen-bond donors (Lipinski definition) is 2. The van der Waals surface area contributed by atoms with Crippen LogP contribution in [0.25, 0.3) is 6.08 Å². The van der Waals surface area contributed by atoms with E-state index in [9.17, 15) is 10.2 Å². The van der Waals surface area contributed by atoms with E-state index in [-0.39, 0.29) is 23.0 Å². The summed E-state index contributed by atoms with van der Waals surface area (Å²) in [6.07, 6.45) is 24.4. The Labute approximate surface area is 262 Å². The molecule has 0 bridgehead atoms. The number of phenols is 2. The summed E-state index contributed by atoms with van der Waals surface area (Å²) in [5, 5.41) is 21.1. The molecular weight excluding hydrogens is 532 g/mol. The fourth-order valence-corrected chi connectivity index (χ4v) is 4.81. The number of aromatic hydroxyl groups is 2. The lowest BCUT2D eigenvalue weighted by molar-refractivity contribution is 0.315. The molecule has 1 rings (SSSR count). The maximum Gasteiger partial charge on any atom is 0.207 e. The van der Waals surface area contributed by atoms with Gasteiger partial charge in [-0.15, -0.1) is 5.73 Å². The molecule has 0 aliphatic carbocycles. The molecule has 2 N–H and O–H groups in total. The van der Waals surface area contributed by atoms with Crippen molar-refractivity contribution in [1.29, 1.82) is 0 Å². The fraction of sp³-hybridized carbons (Fsp3) is 0.513. The Hall–Kier alpha value is -3.36.